The molecule has 1 fully saturated rings. The molecular formula is C14H14FNO3S. The second-order valence-electron chi connectivity index (χ2n) is 5.14. The van der Waals surface area contributed by atoms with Gasteiger partial charge in [0, 0.05) is 10.6 Å². The second kappa shape index (κ2) is 5.09. The molecule has 2 aliphatic rings. The summed E-state index contributed by atoms with van der Waals surface area (Å²) >= 11 is 1.46. The molecule has 6 heteroatoms. The summed E-state index contributed by atoms with van der Waals surface area (Å²) in [5, 5.41) is 11.7. The van der Waals surface area contributed by atoms with Gasteiger partial charge in [-0.1, -0.05) is 12.1 Å². The Bertz CT molecular complexity index is 578. The molecule has 1 aromatic rings. The van der Waals surface area contributed by atoms with Gasteiger partial charge >= 0.3 is 5.97 Å². The number of benzene rings is 1. The van der Waals surface area contributed by atoms with E-state index in [-0.39, 0.29) is 17.8 Å². The minimum Gasteiger partial charge on any atom is -0.481 e. The molecule has 0 radical (unpaired) electrons. The first-order chi connectivity index (χ1) is 9.58. The van der Waals surface area contributed by atoms with Crippen LogP contribution in [-0.2, 0) is 9.59 Å². The average molecular weight is 295 g/mol. The van der Waals surface area contributed by atoms with E-state index in [0.717, 1.165) is 17.7 Å². The number of hydrogen-bond donors (Lipinski definition) is 2. The van der Waals surface area contributed by atoms with Gasteiger partial charge in [-0.25, -0.2) is 4.39 Å². The number of carbonyl (C=O) groups is 2. The molecule has 1 heterocycles. The summed E-state index contributed by atoms with van der Waals surface area (Å²) in [7, 11) is 0. The van der Waals surface area contributed by atoms with Crippen LogP contribution < -0.4 is 5.32 Å². The maximum atomic E-state index is 13.7. The number of carbonyl (C=O) groups excluding carboxylic acids is 1. The van der Waals surface area contributed by atoms with E-state index in [1.807, 2.05) is 6.07 Å². The molecule has 1 amide bonds. The standard InChI is InChI=1S/C14H14FNO3S/c15-10-3-1-2-7-11(4-5-20-12(7)10)16-13(17)8-6-9(8)14(18)19/h1-3,8-9,11H,4-6H2,(H,16,17)(H,18,19). The Morgan fingerprint density at radius 3 is 2.85 bits per heavy atom. The molecule has 3 unspecified atom stereocenters. The number of amides is 1. The van der Waals surface area contributed by atoms with E-state index in [4.69, 9.17) is 5.11 Å². The van der Waals surface area contributed by atoms with E-state index in [0.29, 0.717) is 11.3 Å². The van der Waals surface area contributed by atoms with Gasteiger partial charge in [0.05, 0.1) is 17.9 Å². The monoisotopic (exact) mass is 295 g/mol. The van der Waals surface area contributed by atoms with Gasteiger partial charge in [-0.2, -0.15) is 0 Å². The second-order valence-corrected chi connectivity index (χ2v) is 6.25. The van der Waals surface area contributed by atoms with Crippen LogP contribution in [0.2, 0.25) is 0 Å². The fraction of sp³-hybridized carbons (Fsp3) is 0.429. The lowest BCUT2D eigenvalue weighted by Gasteiger charge is -2.26. The predicted octanol–water partition coefficient (Wildman–Crippen LogP) is 2.20. The first-order valence-corrected chi connectivity index (χ1v) is 7.51. The van der Waals surface area contributed by atoms with Crippen LogP contribution in [0.1, 0.15) is 24.4 Å². The molecule has 0 saturated heterocycles. The zero-order chi connectivity index (χ0) is 14.3. The Balaban J connectivity index is 1.73. The van der Waals surface area contributed by atoms with Crippen LogP contribution in [0.25, 0.3) is 0 Å². The highest BCUT2D eigenvalue weighted by Crippen LogP contribution is 2.41. The Morgan fingerprint density at radius 2 is 2.15 bits per heavy atom. The van der Waals surface area contributed by atoms with Gasteiger partial charge in [0.1, 0.15) is 5.82 Å². The maximum absolute atomic E-state index is 13.7. The molecule has 4 nitrogen and oxygen atoms in total. The van der Waals surface area contributed by atoms with Crippen molar-refractivity contribution < 1.29 is 19.1 Å². The lowest BCUT2D eigenvalue weighted by atomic mass is 10.0. The number of aliphatic carboxylic acids is 1. The predicted molar refractivity (Wildman–Crippen MR) is 71.9 cm³/mol. The van der Waals surface area contributed by atoms with Crippen LogP contribution >= 0.6 is 11.8 Å². The van der Waals surface area contributed by atoms with Crippen LogP contribution in [0.4, 0.5) is 4.39 Å². The van der Waals surface area contributed by atoms with Crippen molar-refractivity contribution in [1.29, 1.82) is 0 Å². The van der Waals surface area contributed by atoms with E-state index >= 15 is 0 Å². The van der Waals surface area contributed by atoms with Crippen molar-refractivity contribution in [3.05, 3.63) is 29.6 Å². The molecule has 1 aromatic carbocycles. The van der Waals surface area contributed by atoms with E-state index < -0.39 is 17.8 Å². The summed E-state index contributed by atoms with van der Waals surface area (Å²) in [5.74, 6) is -1.66. The molecule has 0 aromatic heterocycles. The van der Waals surface area contributed by atoms with Crippen molar-refractivity contribution >= 4 is 23.6 Å². The van der Waals surface area contributed by atoms with Crippen LogP contribution in [0.3, 0.4) is 0 Å². The molecular weight excluding hydrogens is 281 g/mol. The van der Waals surface area contributed by atoms with Crippen molar-refractivity contribution in [2.24, 2.45) is 11.8 Å². The van der Waals surface area contributed by atoms with Gasteiger partial charge in [-0.15, -0.1) is 11.8 Å². The van der Waals surface area contributed by atoms with Gasteiger partial charge < -0.3 is 10.4 Å². The number of halogens is 1. The van der Waals surface area contributed by atoms with E-state index in [9.17, 15) is 14.0 Å². The van der Waals surface area contributed by atoms with Gasteiger partial charge in [-0.05, 0) is 24.5 Å². The molecule has 2 N–H and O–H groups in total. The van der Waals surface area contributed by atoms with Gasteiger partial charge in [0.2, 0.25) is 5.91 Å². The van der Waals surface area contributed by atoms with E-state index in [1.165, 1.54) is 17.8 Å². The smallest absolute Gasteiger partial charge is 0.307 e. The number of carboxylic acids is 1. The minimum atomic E-state index is -0.921. The number of nitrogens with one attached hydrogen (secondary N) is 1. The third-order valence-electron chi connectivity index (χ3n) is 3.79. The number of fused-ring (bicyclic) bond motifs is 1. The quantitative estimate of drug-likeness (QED) is 0.897. The van der Waals surface area contributed by atoms with Crippen molar-refractivity contribution in [2.45, 2.75) is 23.8 Å². The third-order valence-corrected chi connectivity index (χ3v) is 4.95. The zero-order valence-electron chi connectivity index (χ0n) is 10.6. The van der Waals surface area contributed by atoms with E-state index in [2.05, 4.69) is 5.32 Å². The van der Waals surface area contributed by atoms with Crippen molar-refractivity contribution in [2.75, 3.05) is 5.75 Å². The largest absolute Gasteiger partial charge is 0.481 e. The van der Waals surface area contributed by atoms with Crippen LogP contribution in [0.15, 0.2) is 23.1 Å². The first-order valence-electron chi connectivity index (χ1n) is 6.52. The SMILES string of the molecule is O=C(O)C1CC1C(=O)NC1CCSc2c(F)cccc21. The molecule has 106 valence electrons. The molecule has 3 atom stereocenters. The van der Waals surface area contributed by atoms with E-state index in [1.54, 1.807) is 6.07 Å². The van der Waals surface area contributed by atoms with Gasteiger partial charge in [0.15, 0.2) is 0 Å². The molecule has 0 spiro atoms. The Labute approximate surface area is 119 Å². The third kappa shape index (κ3) is 2.40. The molecule has 0 bridgehead atoms. The fourth-order valence-corrected chi connectivity index (χ4v) is 3.71. The summed E-state index contributed by atoms with van der Waals surface area (Å²) < 4.78 is 13.7. The average Bonchev–Trinajstić information content (AvgIpc) is 3.20. The minimum absolute atomic E-state index is 0.218. The highest BCUT2D eigenvalue weighted by Gasteiger charge is 2.48. The summed E-state index contributed by atoms with van der Waals surface area (Å²) in [6.07, 6.45) is 1.13. The van der Waals surface area contributed by atoms with Crippen LogP contribution in [0, 0.1) is 17.7 Å². The molecule has 1 aliphatic carbocycles. The number of carboxylic acid groups (broad SMARTS) is 1. The lowest BCUT2D eigenvalue weighted by molar-refractivity contribution is -0.140. The van der Waals surface area contributed by atoms with Gasteiger partial charge in [-0.3, -0.25) is 9.59 Å². The Hall–Kier alpha value is -1.56. The Kier molecular flexibility index (Phi) is 3.41. The summed E-state index contributed by atoms with van der Waals surface area (Å²) in [6, 6.07) is 4.65. The van der Waals surface area contributed by atoms with Crippen molar-refractivity contribution in [3.63, 3.8) is 0 Å². The topological polar surface area (TPSA) is 66.4 Å². The number of thioether (sulfide) groups is 1. The normalized spacial score (nSPS) is 27.6. The highest BCUT2D eigenvalue weighted by molar-refractivity contribution is 7.99. The molecule has 1 aliphatic heterocycles. The van der Waals surface area contributed by atoms with Crippen molar-refractivity contribution in [1.82, 2.24) is 5.32 Å². The number of hydrogen-bond acceptors (Lipinski definition) is 3. The summed E-state index contributed by atoms with van der Waals surface area (Å²) in [6.45, 7) is 0. The molecule has 20 heavy (non-hydrogen) atoms. The zero-order valence-corrected chi connectivity index (χ0v) is 11.5. The summed E-state index contributed by atoms with van der Waals surface area (Å²) in [4.78, 5) is 23.4. The Morgan fingerprint density at radius 1 is 1.35 bits per heavy atom. The van der Waals surface area contributed by atoms with Crippen molar-refractivity contribution in [3.8, 4) is 0 Å². The first kappa shape index (κ1) is 13.4. The molecule has 3 rings (SSSR count). The highest BCUT2D eigenvalue weighted by atomic mass is 32.2. The van der Waals surface area contributed by atoms with Gasteiger partial charge in [0.25, 0.3) is 0 Å². The van der Waals surface area contributed by atoms with Crippen LogP contribution in [-0.4, -0.2) is 22.7 Å². The maximum Gasteiger partial charge on any atom is 0.307 e. The number of rotatable bonds is 3. The van der Waals surface area contributed by atoms with Crippen LogP contribution in [0.5, 0.6) is 0 Å². The summed E-state index contributed by atoms with van der Waals surface area (Å²) in [5.41, 5.74) is 0.794. The molecule has 1 saturated carbocycles. The lowest BCUT2D eigenvalue weighted by Crippen LogP contribution is -2.32. The fourth-order valence-electron chi connectivity index (χ4n) is 2.57.